The van der Waals surface area contributed by atoms with Crippen molar-refractivity contribution in [3.05, 3.63) is 47.1 Å². The van der Waals surface area contributed by atoms with Crippen LogP contribution in [0.1, 0.15) is 66.7 Å². The van der Waals surface area contributed by atoms with Gasteiger partial charge in [-0.3, -0.25) is 4.79 Å². The summed E-state index contributed by atoms with van der Waals surface area (Å²) >= 11 is 0. The van der Waals surface area contributed by atoms with Crippen LogP contribution in [0.5, 0.6) is 0 Å². The second-order valence-corrected chi connectivity index (χ2v) is 6.54. The lowest BCUT2D eigenvalue weighted by Gasteiger charge is -2.34. The summed E-state index contributed by atoms with van der Waals surface area (Å²) in [5.41, 5.74) is -1.39. The molecule has 1 amide bonds. The van der Waals surface area contributed by atoms with E-state index < -0.39 is 23.2 Å². The monoisotopic (exact) mass is 367 g/mol. The highest BCUT2D eigenvalue weighted by atomic mass is 19.4. The van der Waals surface area contributed by atoms with Crippen molar-refractivity contribution in [2.75, 3.05) is 0 Å². The van der Waals surface area contributed by atoms with Crippen LogP contribution >= 0.6 is 0 Å². The van der Waals surface area contributed by atoms with Gasteiger partial charge in [-0.05, 0) is 37.1 Å². The number of halogens is 3. The van der Waals surface area contributed by atoms with Crippen molar-refractivity contribution in [3.8, 4) is 0 Å². The van der Waals surface area contributed by atoms with E-state index >= 15 is 0 Å². The molecule has 1 aromatic carbocycles. The molecule has 8 heteroatoms. The third-order valence-corrected chi connectivity index (χ3v) is 4.73. The third-order valence-electron chi connectivity index (χ3n) is 4.73. The van der Waals surface area contributed by atoms with Crippen LogP contribution in [0.2, 0.25) is 0 Å². The molecule has 2 aromatic rings. The zero-order chi connectivity index (χ0) is 18.8. The fourth-order valence-electron chi connectivity index (χ4n) is 3.24. The number of benzene rings is 1. The zero-order valence-corrected chi connectivity index (χ0v) is 14.4. The molecular formula is C18H20F3N3O2. The number of amides is 1. The van der Waals surface area contributed by atoms with E-state index in [2.05, 4.69) is 15.5 Å². The van der Waals surface area contributed by atoms with Gasteiger partial charge in [0.15, 0.2) is 5.82 Å². The predicted octanol–water partition coefficient (Wildman–Crippen LogP) is 4.24. The van der Waals surface area contributed by atoms with E-state index in [1.165, 1.54) is 12.1 Å². The normalized spacial score (nSPS) is 17.1. The molecule has 26 heavy (non-hydrogen) atoms. The fourth-order valence-corrected chi connectivity index (χ4v) is 3.24. The number of hydrogen-bond donors (Lipinski definition) is 1. The molecule has 1 saturated carbocycles. The lowest BCUT2D eigenvalue weighted by molar-refractivity contribution is -0.137. The smallest absolute Gasteiger partial charge is 0.338 e. The van der Waals surface area contributed by atoms with Gasteiger partial charge in [-0.2, -0.15) is 18.2 Å². The Hall–Kier alpha value is -2.38. The first-order chi connectivity index (χ1) is 12.3. The lowest BCUT2D eigenvalue weighted by Crippen LogP contribution is -2.47. The topological polar surface area (TPSA) is 68.0 Å². The van der Waals surface area contributed by atoms with E-state index in [1.807, 2.05) is 6.92 Å². The highest BCUT2D eigenvalue weighted by molar-refractivity contribution is 5.94. The number of nitrogens with zero attached hydrogens (tertiary/aromatic N) is 2. The van der Waals surface area contributed by atoms with E-state index in [-0.39, 0.29) is 5.56 Å². The molecule has 1 N–H and O–H groups in total. The average molecular weight is 367 g/mol. The summed E-state index contributed by atoms with van der Waals surface area (Å²) in [4.78, 5) is 17.0. The van der Waals surface area contributed by atoms with E-state index in [0.29, 0.717) is 31.0 Å². The molecular weight excluding hydrogens is 347 g/mol. The number of nitrogens with one attached hydrogen (secondary N) is 1. The zero-order valence-electron chi connectivity index (χ0n) is 14.4. The van der Waals surface area contributed by atoms with Gasteiger partial charge in [0.1, 0.15) is 5.54 Å². The molecule has 0 spiro atoms. The highest BCUT2D eigenvalue weighted by Gasteiger charge is 2.41. The van der Waals surface area contributed by atoms with Crippen molar-refractivity contribution in [1.82, 2.24) is 15.5 Å². The predicted molar refractivity (Wildman–Crippen MR) is 87.3 cm³/mol. The van der Waals surface area contributed by atoms with Gasteiger partial charge in [0, 0.05) is 12.0 Å². The van der Waals surface area contributed by atoms with Crippen LogP contribution in [0.25, 0.3) is 0 Å². The molecule has 1 aliphatic rings. The van der Waals surface area contributed by atoms with Gasteiger partial charge in [0.2, 0.25) is 0 Å². The van der Waals surface area contributed by atoms with Gasteiger partial charge in [0.25, 0.3) is 11.8 Å². The average Bonchev–Trinajstić information content (AvgIpc) is 3.12. The summed E-state index contributed by atoms with van der Waals surface area (Å²) in [5.74, 6) is 0.486. The van der Waals surface area contributed by atoms with Crippen molar-refractivity contribution in [3.63, 3.8) is 0 Å². The first kappa shape index (κ1) is 18.4. The number of carbonyl (C=O) groups is 1. The molecule has 0 aliphatic heterocycles. The van der Waals surface area contributed by atoms with Gasteiger partial charge in [-0.15, -0.1) is 0 Å². The summed E-state index contributed by atoms with van der Waals surface area (Å²) in [7, 11) is 0. The molecule has 1 aliphatic carbocycles. The summed E-state index contributed by atoms with van der Waals surface area (Å²) < 4.78 is 43.4. The van der Waals surface area contributed by atoms with Gasteiger partial charge in [-0.25, -0.2) is 0 Å². The molecule has 0 unspecified atom stereocenters. The number of aromatic nitrogens is 2. The van der Waals surface area contributed by atoms with Crippen LogP contribution in [-0.4, -0.2) is 16.0 Å². The van der Waals surface area contributed by atoms with Crippen LogP contribution in [0.4, 0.5) is 13.2 Å². The van der Waals surface area contributed by atoms with Gasteiger partial charge < -0.3 is 9.84 Å². The minimum absolute atomic E-state index is 0.165. The summed E-state index contributed by atoms with van der Waals surface area (Å²) in [6.45, 7) is 1.91. The van der Waals surface area contributed by atoms with Gasteiger partial charge >= 0.3 is 6.18 Å². The van der Waals surface area contributed by atoms with Crippen molar-refractivity contribution in [1.29, 1.82) is 0 Å². The molecule has 0 saturated heterocycles. The Balaban J connectivity index is 1.83. The first-order valence-corrected chi connectivity index (χ1v) is 8.67. The Bertz CT molecular complexity index is 763. The number of rotatable bonds is 4. The maximum atomic E-state index is 12.7. The molecule has 0 atom stereocenters. The summed E-state index contributed by atoms with van der Waals surface area (Å²) in [6.07, 6.45) is 0.350. The van der Waals surface area contributed by atoms with E-state index in [9.17, 15) is 18.0 Å². The fraction of sp³-hybridized carbons (Fsp3) is 0.500. The highest BCUT2D eigenvalue weighted by Crippen LogP contribution is 2.37. The molecule has 5 nitrogen and oxygen atoms in total. The molecule has 0 bridgehead atoms. The van der Waals surface area contributed by atoms with Crippen LogP contribution in [0.15, 0.2) is 28.8 Å². The molecule has 3 rings (SSSR count). The SMILES string of the molecule is CCc1noc(C2(NC(=O)c3ccc(C(F)(F)F)cc3)CCCCC2)n1. The number of aryl methyl sites for hydroxylation is 1. The van der Waals surface area contributed by atoms with Crippen LogP contribution in [-0.2, 0) is 18.1 Å². The molecule has 0 radical (unpaired) electrons. The van der Waals surface area contributed by atoms with Crippen LogP contribution < -0.4 is 5.32 Å². The maximum absolute atomic E-state index is 12.7. The Labute approximate surface area is 149 Å². The van der Waals surface area contributed by atoms with Crippen molar-refractivity contribution in [2.45, 2.75) is 57.2 Å². The van der Waals surface area contributed by atoms with Crippen molar-refractivity contribution in [2.24, 2.45) is 0 Å². The second-order valence-electron chi connectivity index (χ2n) is 6.54. The van der Waals surface area contributed by atoms with Crippen molar-refractivity contribution < 1.29 is 22.5 Å². The maximum Gasteiger partial charge on any atom is 0.416 e. The number of alkyl halides is 3. The minimum Gasteiger partial charge on any atom is -0.338 e. The Morgan fingerprint density at radius 3 is 2.38 bits per heavy atom. The first-order valence-electron chi connectivity index (χ1n) is 8.67. The molecule has 1 heterocycles. The number of carbonyl (C=O) groups excluding carboxylic acids is 1. The summed E-state index contributed by atoms with van der Waals surface area (Å²) in [5, 5.41) is 6.86. The standard InChI is InChI=1S/C18H20F3N3O2/c1-2-14-22-16(26-24-14)17(10-4-3-5-11-17)23-15(25)12-6-8-13(9-7-12)18(19,20)21/h6-9H,2-5,10-11H2,1H3,(H,23,25). The van der Waals surface area contributed by atoms with Crippen LogP contribution in [0.3, 0.4) is 0 Å². The van der Waals surface area contributed by atoms with E-state index in [1.54, 1.807) is 0 Å². The molecule has 140 valence electrons. The Morgan fingerprint density at radius 2 is 1.85 bits per heavy atom. The minimum atomic E-state index is -4.43. The lowest BCUT2D eigenvalue weighted by atomic mass is 9.81. The molecule has 1 fully saturated rings. The van der Waals surface area contributed by atoms with Gasteiger partial charge in [-0.1, -0.05) is 31.3 Å². The Kier molecular flexibility index (Phi) is 5.02. The quantitative estimate of drug-likeness (QED) is 0.878. The van der Waals surface area contributed by atoms with E-state index in [4.69, 9.17) is 4.52 Å². The summed E-state index contributed by atoms with van der Waals surface area (Å²) in [6, 6.07) is 4.18. The Morgan fingerprint density at radius 1 is 1.19 bits per heavy atom. The van der Waals surface area contributed by atoms with Gasteiger partial charge in [0.05, 0.1) is 5.56 Å². The largest absolute Gasteiger partial charge is 0.416 e. The molecule has 1 aromatic heterocycles. The van der Waals surface area contributed by atoms with Crippen molar-refractivity contribution >= 4 is 5.91 Å². The second kappa shape index (κ2) is 7.09. The number of hydrogen-bond acceptors (Lipinski definition) is 4. The van der Waals surface area contributed by atoms with Crippen LogP contribution in [0, 0.1) is 0 Å². The third kappa shape index (κ3) is 3.73. The van der Waals surface area contributed by atoms with E-state index in [0.717, 1.165) is 31.4 Å².